The first kappa shape index (κ1) is 20.6. The molecule has 0 aliphatic carbocycles. The van der Waals surface area contributed by atoms with Gasteiger partial charge in [0.25, 0.3) is 0 Å². The maximum atomic E-state index is 12.7. The summed E-state index contributed by atoms with van der Waals surface area (Å²) in [5.74, 6) is 0.870. The number of alkyl halides is 3. The molecule has 1 heterocycles. The summed E-state index contributed by atoms with van der Waals surface area (Å²) in [6.45, 7) is 2.40. The van der Waals surface area contributed by atoms with Crippen molar-refractivity contribution < 1.29 is 32.2 Å². The third kappa shape index (κ3) is 4.67. The number of fused-ring (bicyclic) bond motifs is 1. The lowest BCUT2D eigenvalue weighted by atomic mass is 9.93. The van der Waals surface area contributed by atoms with E-state index in [1.165, 1.54) is 12.1 Å². The Morgan fingerprint density at radius 2 is 1.72 bits per heavy atom. The Kier molecular flexibility index (Phi) is 5.76. The molecule has 0 aromatic heterocycles. The van der Waals surface area contributed by atoms with E-state index in [-0.39, 0.29) is 17.8 Å². The molecule has 0 radical (unpaired) electrons. The van der Waals surface area contributed by atoms with Crippen LogP contribution in [0.2, 0.25) is 0 Å². The zero-order chi connectivity index (χ0) is 21.2. The minimum Gasteiger partial charge on any atom is -0.493 e. The number of hydrogen-bond acceptors (Lipinski definition) is 4. The first-order valence-corrected chi connectivity index (χ1v) is 8.90. The summed E-state index contributed by atoms with van der Waals surface area (Å²) in [5.41, 5.74) is 2.40. The molecule has 3 rings (SSSR count). The predicted octanol–water partition coefficient (Wildman–Crippen LogP) is 4.75. The molecule has 2 aromatic carbocycles. The van der Waals surface area contributed by atoms with Crippen molar-refractivity contribution in [1.29, 1.82) is 0 Å². The van der Waals surface area contributed by atoms with E-state index in [9.17, 15) is 18.0 Å². The number of rotatable bonds is 4. The van der Waals surface area contributed by atoms with Crippen LogP contribution in [-0.2, 0) is 6.42 Å². The third-order valence-corrected chi connectivity index (χ3v) is 4.79. The number of nitrogens with one attached hydrogen (secondary N) is 1. The van der Waals surface area contributed by atoms with Crippen molar-refractivity contribution in [2.45, 2.75) is 25.7 Å². The van der Waals surface area contributed by atoms with Crippen molar-refractivity contribution >= 4 is 11.7 Å². The van der Waals surface area contributed by atoms with Crippen molar-refractivity contribution in [3.05, 3.63) is 47.5 Å². The first-order chi connectivity index (χ1) is 13.7. The minimum atomic E-state index is -4.76. The largest absolute Gasteiger partial charge is 0.573 e. The van der Waals surface area contributed by atoms with Crippen LogP contribution >= 0.6 is 0 Å². The van der Waals surface area contributed by atoms with Crippen LogP contribution < -0.4 is 19.5 Å². The lowest BCUT2D eigenvalue weighted by Crippen LogP contribution is -2.41. The van der Waals surface area contributed by atoms with Gasteiger partial charge in [0.2, 0.25) is 0 Å². The summed E-state index contributed by atoms with van der Waals surface area (Å²) in [6.07, 6.45) is -4.11. The molecule has 0 bridgehead atoms. The summed E-state index contributed by atoms with van der Waals surface area (Å²) in [6, 6.07) is 8.23. The van der Waals surface area contributed by atoms with E-state index in [4.69, 9.17) is 9.47 Å². The molecule has 0 spiro atoms. The lowest BCUT2D eigenvalue weighted by Gasteiger charge is -2.35. The highest BCUT2D eigenvalue weighted by molar-refractivity contribution is 5.90. The standard InChI is InChI=1S/C20H21F3N2O4/c1-12-16-11-18(28-3)17(27-2)10-13(16)8-9-25(12)19(26)24-14-4-6-15(7-5-14)29-20(21,22)23/h4-7,10-12H,8-9H2,1-3H3,(H,24,26)/t12-/m1/s1. The van der Waals surface area contributed by atoms with E-state index in [0.717, 1.165) is 23.3 Å². The van der Waals surface area contributed by atoms with Gasteiger partial charge in [0.1, 0.15) is 5.75 Å². The summed E-state index contributed by atoms with van der Waals surface area (Å²) in [4.78, 5) is 14.4. The molecule has 0 fully saturated rings. The molecule has 1 N–H and O–H groups in total. The second-order valence-electron chi connectivity index (χ2n) is 6.53. The number of nitrogens with zero attached hydrogens (tertiary/aromatic N) is 1. The Morgan fingerprint density at radius 3 is 2.31 bits per heavy atom. The molecule has 156 valence electrons. The SMILES string of the molecule is COc1cc2c(cc1OC)[C@@H](C)N(C(=O)Nc1ccc(OC(F)(F)F)cc1)CC2. The number of hydrogen-bond donors (Lipinski definition) is 1. The van der Waals surface area contributed by atoms with Crippen LogP contribution in [0.25, 0.3) is 0 Å². The Hall–Kier alpha value is -3.10. The zero-order valence-corrected chi connectivity index (χ0v) is 16.2. The number of ether oxygens (including phenoxy) is 3. The van der Waals surface area contributed by atoms with Crippen LogP contribution in [0.15, 0.2) is 36.4 Å². The van der Waals surface area contributed by atoms with E-state index in [0.29, 0.717) is 30.2 Å². The number of benzene rings is 2. The number of urea groups is 1. The molecule has 1 atom stereocenters. The molecule has 0 saturated carbocycles. The Labute approximate surface area is 166 Å². The summed E-state index contributed by atoms with van der Waals surface area (Å²) in [7, 11) is 3.12. The molecule has 2 aromatic rings. The van der Waals surface area contributed by atoms with E-state index < -0.39 is 6.36 Å². The average molecular weight is 410 g/mol. The van der Waals surface area contributed by atoms with Crippen LogP contribution in [0, 0.1) is 0 Å². The summed E-state index contributed by atoms with van der Waals surface area (Å²) >= 11 is 0. The number of carbonyl (C=O) groups is 1. The van der Waals surface area contributed by atoms with Crippen molar-refractivity contribution in [2.75, 3.05) is 26.1 Å². The molecule has 0 unspecified atom stereocenters. The zero-order valence-electron chi connectivity index (χ0n) is 16.2. The van der Waals surface area contributed by atoms with E-state index in [2.05, 4.69) is 10.1 Å². The van der Waals surface area contributed by atoms with Gasteiger partial charge in [-0.2, -0.15) is 0 Å². The van der Waals surface area contributed by atoms with Gasteiger partial charge in [-0.3, -0.25) is 0 Å². The highest BCUT2D eigenvalue weighted by Gasteiger charge is 2.31. The van der Waals surface area contributed by atoms with Crippen molar-refractivity contribution in [3.8, 4) is 17.2 Å². The smallest absolute Gasteiger partial charge is 0.493 e. The van der Waals surface area contributed by atoms with E-state index in [1.54, 1.807) is 19.1 Å². The van der Waals surface area contributed by atoms with Gasteiger partial charge in [0.15, 0.2) is 11.5 Å². The first-order valence-electron chi connectivity index (χ1n) is 8.90. The number of halogens is 3. The molecule has 0 saturated heterocycles. The topological polar surface area (TPSA) is 60.0 Å². The fourth-order valence-electron chi connectivity index (χ4n) is 3.36. The van der Waals surface area contributed by atoms with Gasteiger partial charge < -0.3 is 24.4 Å². The summed E-state index contributed by atoms with van der Waals surface area (Å²) < 4.78 is 51.2. The Balaban J connectivity index is 1.72. The molecular formula is C20H21F3N2O4. The maximum Gasteiger partial charge on any atom is 0.573 e. The predicted molar refractivity (Wildman–Crippen MR) is 101 cm³/mol. The number of anilines is 1. The van der Waals surface area contributed by atoms with Gasteiger partial charge in [-0.15, -0.1) is 13.2 Å². The molecule has 6 nitrogen and oxygen atoms in total. The van der Waals surface area contributed by atoms with E-state index >= 15 is 0 Å². The van der Waals surface area contributed by atoms with Crippen LogP contribution in [0.1, 0.15) is 24.1 Å². The van der Waals surface area contributed by atoms with Crippen LogP contribution in [0.5, 0.6) is 17.2 Å². The van der Waals surface area contributed by atoms with E-state index in [1.807, 2.05) is 19.1 Å². The monoisotopic (exact) mass is 410 g/mol. The Morgan fingerprint density at radius 1 is 1.10 bits per heavy atom. The molecule has 1 aliphatic heterocycles. The number of methoxy groups -OCH3 is 2. The van der Waals surface area contributed by atoms with Gasteiger partial charge in [0, 0.05) is 12.2 Å². The second kappa shape index (κ2) is 8.10. The second-order valence-corrected chi connectivity index (χ2v) is 6.53. The third-order valence-electron chi connectivity index (χ3n) is 4.79. The van der Waals surface area contributed by atoms with Crippen molar-refractivity contribution in [1.82, 2.24) is 4.90 Å². The van der Waals surface area contributed by atoms with Crippen LogP contribution in [0.4, 0.5) is 23.7 Å². The van der Waals surface area contributed by atoms with Gasteiger partial charge in [-0.1, -0.05) is 0 Å². The highest BCUT2D eigenvalue weighted by atomic mass is 19.4. The minimum absolute atomic E-state index is 0.216. The molecular weight excluding hydrogens is 389 g/mol. The van der Waals surface area contributed by atoms with Gasteiger partial charge in [-0.25, -0.2) is 4.79 Å². The summed E-state index contributed by atoms with van der Waals surface area (Å²) in [5, 5.41) is 2.71. The highest BCUT2D eigenvalue weighted by Crippen LogP contribution is 2.38. The lowest BCUT2D eigenvalue weighted by molar-refractivity contribution is -0.274. The fraction of sp³-hybridized carbons (Fsp3) is 0.350. The van der Waals surface area contributed by atoms with Crippen molar-refractivity contribution in [3.63, 3.8) is 0 Å². The average Bonchev–Trinajstić information content (AvgIpc) is 2.67. The van der Waals surface area contributed by atoms with Crippen LogP contribution in [0.3, 0.4) is 0 Å². The van der Waals surface area contributed by atoms with Gasteiger partial charge >= 0.3 is 12.4 Å². The van der Waals surface area contributed by atoms with Gasteiger partial charge in [0.05, 0.1) is 20.3 Å². The maximum absolute atomic E-state index is 12.7. The quantitative estimate of drug-likeness (QED) is 0.790. The van der Waals surface area contributed by atoms with Gasteiger partial charge in [-0.05, 0) is 60.9 Å². The molecule has 9 heteroatoms. The molecule has 1 aliphatic rings. The van der Waals surface area contributed by atoms with Crippen molar-refractivity contribution in [2.24, 2.45) is 0 Å². The van der Waals surface area contributed by atoms with Crippen LogP contribution in [-0.4, -0.2) is 38.1 Å². The fourth-order valence-corrected chi connectivity index (χ4v) is 3.36. The molecule has 2 amide bonds. The molecule has 29 heavy (non-hydrogen) atoms. The normalized spacial score (nSPS) is 16.1. The number of amides is 2. The number of carbonyl (C=O) groups excluding carboxylic acids is 1. The Bertz CT molecular complexity index is 885.